The molecule has 0 fully saturated rings. The highest BCUT2D eigenvalue weighted by atomic mass is 16.5. The number of benzene rings is 3. The van der Waals surface area contributed by atoms with Crippen LogP contribution in [0.25, 0.3) is 0 Å². The maximum absolute atomic E-state index is 13.3. The van der Waals surface area contributed by atoms with E-state index in [9.17, 15) is 14.4 Å². The Labute approximate surface area is 239 Å². The summed E-state index contributed by atoms with van der Waals surface area (Å²) in [4.78, 5) is 41.2. The number of carbonyl (C=O) groups excluding carboxylic acids is 3. The fraction of sp³-hybridized carbons (Fsp3) is 0.206. The lowest BCUT2D eigenvalue weighted by Gasteiger charge is -2.34. The first-order valence-electron chi connectivity index (χ1n) is 13.7. The minimum atomic E-state index is -0.441. The third-order valence-corrected chi connectivity index (χ3v) is 7.26. The first-order chi connectivity index (χ1) is 20.0. The molecule has 7 nitrogen and oxygen atoms in total. The van der Waals surface area contributed by atoms with Crippen molar-refractivity contribution in [3.63, 3.8) is 0 Å². The lowest BCUT2D eigenvalue weighted by atomic mass is 9.83. The van der Waals surface area contributed by atoms with Gasteiger partial charge in [0.05, 0.1) is 24.8 Å². The Bertz CT molecular complexity index is 1500. The molecule has 2 amide bonds. The number of nitrogens with one attached hydrogen (secondary N) is 1. The molecule has 4 aromatic rings. The number of rotatable bonds is 9. The van der Waals surface area contributed by atoms with Crippen LogP contribution >= 0.6 is 0 Å². The van der Waals surface area contributed by atoms with Crippen LogP contribution in [0.15, 0.2) is 119 Å². The summed E-state index contributed by atoms with van der Waals surface area (Å²) in [5.41, 5.74) is 3.74. The van der Waals surface area contributed by atoms with E-state index in [-0.39, 0.29) is 43.2 Å². The highest BCUT2D eigenvalue weighted by molar-refractivity contribution is 5.96. The van der Waals surface area contributed by atoms with Gasteiger partial charge in [-0.05, 0) is 42.7 Å². The molecule has 1 aliphatic rings. The van der Waals surface area contributed by atoms with Crippen molar-refractivity contribution in [3.8, 4) is 0 Å². The highest BCUT2D eigenvalue weighted by Gasteiger charge is 2.37. The van der Waals surface area contributed by atoms with Crippen LogP contribution in [0, 0.1) is 0 Å². The van der Waals surface area contributed by atoms with Crippen molar-refractivity contribution in [2.24, 2.45) is 0 Å². The Morgan fingerprint density at radius 2 is 1.49 bits per heavy atom. The molecule has 1 aliphatic heterocycles. The summed E-state index contributed by atoms with van der Waals surface area (Å²) in [6.45, 7) is 3.82. The van der Waals surface area contributed by atoms with E-state index in [0.29, 0.717) is 17.0 Å². The van der Waals surface area contributed by atoms with E-state index in [2.05, 4.69) is 5.32 Å². The lowest BCUT2D eigenvalue weighted by molar-refractivity contribution is -0.140. The van der Waals surface area contributed by atoms with Gasteiger partial charge in [-0.1, -0.05) is 91.0 Å². The summed E-state index contributed by atoms with van der Waals surface area (Å²) in [5, 5.41) is 3.08. The first-order valence-corrected chi connectivity index (χ1v) is 13.7. The molecule has 0 aliphatic carbocycles. The standard InChI is InChI=1S/C34H32N2O5/c1-3-40-34(39)31-23(2)36(30(37)21-28(31)24-13-7-4-8-14-24)22-27-19-20-29(41-27)33(38)35-32(25-15-9-5-10-16-25)26-17-11-6-12-18-26/h4-20,28,32H,3,21-22H2,1-2H3,(H,35,38). The van der Waals surface area contributed by atoms with Gasteiger partial charge in [-0.2, -0.15) is 0 Å². The number of furan rings is 1. The van der Waals surface area contributed by atoms with Crippen molar-refractivity contribution in [3.05, 3.63) is 143 Å². The number of hydrogen-bond acceptors (Lipinski definition) is 5. The maximum atomic E-state index is 13.3. The molecule has 1 atom stereocenters. The van der Waals surface area contributed by atoms with Crippen LogP contribution in [0.1, 0.15) is 65.2 Å². The molecular weight excluding hydrogens is 516 g/mol. The number of amides is 2. The van der Waals surface area contributed by atoms with E-state index in [0.717, 1.165) is 16.7 Å². The summed E-state index contributed by atoms with van der Waals surface area (Å²) in [6.07, 6.45) is 0.124. The number of ether oxygens (including phenoxy) is 1. The molecule has 0 saturated heterocycles. The fourth-order valence-electron chi connectivity index (χ4n) is 5.24. The van der Waals surface area contributed by atoms with Crippen LogP contribution in [0.3, 0.4) is 0 Å². The Morgan fingerprint density at radius 1 is 0.902 bits per heavy atom. The van der Waals surface area contributed by atoms with Gasteiger partial charge in [-0.3, -0.25) is 9.59 Å². The van der Waals surface area contributed by atoms with E-state index >= 15 is 0 Å². The van der Waals surface area contributed by atoms with Gasteiger partial charge in [-0.25, -0.2) is 4.79 Å². The minimum Gasteiger partial charge on any atom is -0.463 e. The monoisotopic (exact) mass is 548 g/mol. The summed E-state index contributed by atoms with van der Waals surface area (Å²) >= 11 is 0. The third kappa shape index (κ3) is 6.14. The summed E-state index contributed by atoms with van der Waals surface area (Å²) in [6, 6.07) is 31.9. The summed E-state index contributed by atoms with van der Waals surface area (Å²) < 4.78 is 11.3. The Morgan fingerprint density at radius 3 is 2.07 bits per heavy atom. The SMILES string of the molecule is CCOC(=O)C1=C(C)N(Cc2ccc(C(=O)NC(c3ccccc3)c3ccccc3)o2)C(=O)CC1c1ccccc1. The number of allylic oxidation sites excluding steroid dienone is 1. The third-order valence-electron chi connectivity index (χ3n) is 7.26. The fourth-order valence-corrected chi connectivity index (χ4v) is 5.24. The van der Waals surface area contributed by atoms with Crippen LogP contribution in [0.5, 0.6) is 0 Å². The van der Waals surface area contributed by atoms with E-state index in [1.807, 2.05) is 91.0 Å². The second-order valence-electron chi connectivity index (χ2n) is 9.86. The Kier molecular flexibility index (Phi) is 8.44. The van der Waals surface area contributed by atoms with Crippen molar-refractivity contribution in [2.45, 2.75) is 38.8 Å². The zero-order valence-electron chi connectivity index (χ0n) is 23.1. The smallest absolute Gasteiger partial charge is 0.336 e. The van der Waals surface area contributed by atoms with Crippen molar-refractivity contribution >= 4 is 17.8 Å². The second-order valence-corrected chi connectivity index (χ2v) is 9.86. The van der Waals surface area contributed by atoms with Crippen molar-refractivity contribution in [1.29, 1.82) is 0 Å². The lowest BCUT2D eigenvalue weighted by Crippen LogP contribution is -2.38. The van der Waals surface area contributed by atoms with Gasteiger partial charge in [0, 0.05) is 18.0 Å². The largest absolute Gasteiger partial charge is 0.463 e. The molecule has 2 heterocycles. The van der Waals surface area contributed by atoms with E-state index in [1.54, 1.807) is 26.0 Å². The van der Waals surface area contributed by atoms with Crippen LogP contribution < -0.4 is 5.32 Å². The van der Waals surface area contributed by atoms with Crippen LogP contribution in [-0.4, -0.2) is 29.3 Å². The molecule has 0 radical (unpaired) electrons. The Hall–Kier alpha value is -4.91. The molecule has 7 heteroatoms. The second kappa shape index (κ2) is 12.5. The molecule has 208 valence electrons. The van der Waals surface area contributed by atoms with Gasteiger partial charge in [0.25, 0.3) is 5.91 Å². The predicted molar refractivity (Wildman–Crippen MR) is 155 cm³/mol. The average Bonchev–Trinajstić information content (AvgIpc) is 3.48. The van der Waals surface area contributed by atoms with Crippen LogP contribution in [-0.2, 0) is 20.9 Å². The predicted octanol–water partition coefficient (Wildman–Crippen LogP) is 6.15. The van der Waals surface area contributed by atoms with Crippen LogP contribution in [0.2, 0.25) is 0 Å². The molecule has 0 bridgehead atoms. The zero-order chi connectivity index (χ0) is 28.8. The van der Waals surface area contributed by atoms with Gasteiger partial charge in [0.1, 0.15) is 5.76 Å². The average molecular weight is 549 g/mol. The molecule has 1 unspecified atom stereocenters. The summed E-state index contributed by atoms with van der Waals surface area (Å²) in [5.74, 6) is -0.785. The van der Waals surface area contributed by atoms with Crippen molar-refractivity contribution in [2.75, 3.05) is 6.61 Å². The normalized spacial score (nSPS) is 15.2. The molecule has 1 N–H and O–H groups in total. The van der Waals surface area contributed by atoms with Gasteiger partial charge >= 0.3 is 5.97 Å². The maximum Gasteiger partial charge on any atom is 0.336 e. The zero-order valence-corrected chi connectivity index (χ0v) is 23.1. The van der Waals surface area contributed by atoms with Crippen LogP contribution in [0.4, 0.5) is 0 Å². The number of carbonyl (C=O) groups is 3. The quantitative estimate of drug-likeness (QED) is 0.253. The van der Waals surface area contributed by atoms with Gasteiger partial charge in [0.15, 0.2) is 5.76 Å². The molecular formula is C34H32N2O5. The number of hydrogen-bond donors (Lipinski definition) is 1. The molecule has 1 aromatic heterocycles. The molecule has 41 heavy (non-hydrogen) atoms. The minimum absolute atomic E-state index is 0.0865. The number of esters is 1. The number of nitrogens with zero attached hydrogens (tertiary/aromatic N) is 1. The topological polar surface area (TPSA) is 88.8 Å². The molecule has 3 aromatic carbocycles. The van der Waals surface area contributed by atoms with Crippen molar-refractivity contribution in [1.82, 2.24) is 10.2 Å². The van der Waals surface area contributed by atoms with E-state index in [4.69, 9.17) is 9.15 Å². The van der Waals surface area contributed by atoms with Gasteiger partial charge in [0.2, 0.25) is 5.91 Å². The summed E-state index contributed by atoms with van der Waals surface area (Å²) in [7, 11) is 0. The molecule has 0 spiro atoms. The first kappa shape index (κ1) is 27.6. The van der Waals surface area contributed by atoms with Crippen molar-refractivity contribution < 1.29 is 23.5 Å². The van der Waals surface area contributed by atoms with Gasteiger partial charge < -0.3 is 19.4 Å². The van der Waals surface area contributed by atoms with Gasteiger partial charge in [-0.15, -0.1) is 0 Å². The highest BCUT2D eigenvalue weighted by Crippen LogP contribution is 2.37. The molecule has 0 saturated carbocycles. The molecule has 5 rings (SSSR count). The Balaban J connectivity index is 1.38. The van der Waals surface area contributed by atoms with E-state index in [1.165, 1.54) is 4.90 Å². The van der Waals surface area contributed by atoms with E-state index < -0.39 is 11.9 Å².